The highest BCUT2D eigenvalue weighted by molar-refractivity contribution is 9.10. The number of primary amides is 1. The van der Waals surface area contributed by atoms with Crippen LogP contribution in [0.5, 0.6) is 5.75 Å². The lowest BCUT2D eigenvalue weighted by atomic mass is 10.2. The Kier molecular flexibility index (Phi) is 3.53. The fourth-order valence-electron chi connectivity index (χ4n) is 1.66. The quantitative estimate of drug-likeness (QED) is 0.819. The molecular formula is C11H12BrN3O3. The molecule has 18 heavy (non-hydrogen) atoms. The Labute approximate surface area is 112 Å². The summed E-state index contributed by atoms with van der Waals surface area (Å²) in [5.41, 5.74) is 11.3. The summed E-state index contributed by atoms with van der Waals surface area (Å²) in [5.74, 6) is -0.322. The van der Waals surface area contributed by atoms with Crippen molar-refractivity contribution in [3.05, 3.63) is 22.7 Å². The number of fused-ring (bicyclic) bond motifs is 1. The fraction of sp³-hybridized carbons (Fsp3) is 0.273. The van der Waals surface area contributed by atoms with E-state index in [4.69, 9.17) is 16.2 Å². The molecule has 0 saturated carbocycles. The van der Waals surface area contributed by atoms with Crippen LogP contribution in [-0.2, 0) is 9.59 Å². The zero-order chi connectivity index (χ0) is 13.3. The van der Waals surface area contributed by atoms with Crippen molar-refractivity contribution >= 4 is 33.4 Å². The fourth-order valence-corrected chi connectivity index (χ4v) is 2.01. The van der Waals surface area contributed by atoms with Gasteiger partial charge in [-0.25, -0.2) is 0 Å². The van der Waals surface area contributed by atoms with Gasteiger partial charge in [-0.15, -0.1) is 0 Å². The Morgan fingerprint density at radius 3 is 2.94 bits per heavy atom. The van der Waals surface area contributed by atoms with Crippen molar-refractivity contribution in [3.63, 3.8) is 0 Å². The minimum Gasteiger partial charge on any atom is -0.482 e. The molecule has 0 radical (unpaired) electrons. The number of nitrogens with two attached hydrogens (primary N) is 2. The van der Waals surface area contributed by atoms with Gasteiger partial charge in [0.15, 0.2) is 6.61 Å². The second-order valence-electron chi connectivity index (χ2n) is 3.91. The second-order valence-corrected chi connectivity index (χ2v) is 4.83. The average Bonchev–Trinajstić information content (AvgIpc) is 2.32. The summed E-state index contributed by atoms with van der Waals surface area (Å²) in [4.78, 5) is 24.2. The molecule has 1 heterocycles. The number of benzene rings is 1. The number of carbonyl (C=O) groups excluding carboxylic acids is 2. The van der Waals surface area contributed by atoms with Gasteiger partial charge < -0.3 is 21.1 Å². The predicted molar refractivity (Wildman–Crippen MR) is 69.2 cm³/mol. The van der Waals surface area contributed by atoms with E-state index in [1.807, 2.05) is 0 Å². The molecular weight excluding hydrogens is 302 g/mol. The first kappa shape index (κ1) is 12.8. The van der Waals surface area contributed by atoms with Gasteiger partial charge in [0, 0.05) is 4.47 Å². The lowest BCUT2D eigenvalue weighted by molar-refractivity contribution is -0.121. The number of amides is 2. The molecule has 1 atom stereocenters. The largest absolute Gasteiger partial charge is 0.482 e. The van der Waals surface area contributed by atoms with Crippen LogP contribution >= 0.6 is 15.9 Å². The smallest absolute Gasteiger partial charge is 0.265 e. The molecule has 1 aliphatic heterocycles. The zero-order valence-corrected chi connectivity index (χ0v) is 11.0. The summed E-state index contributed by atoms with van der Waals surface area (Å²) in [6, 6.07) is 4.38. The van der Waals surface area contributed by atoms with Crippen LogP contribution in [0.3, 0.4) is 0 Å². The topological polar surface area (TPSA) is 98.6 Å². The van der Waals surface area contributed by atoms with Crippen molar-refractivity contribution < 1.29 is 14.3 Å². The van der Waals surface area contributed by atoms with Crippen molar-refractivity contribution in [1.82, 2.24) is 0 Å². The van der Waals surface area contributed by atoms with Gasteiger partial charge >= 0.3 is 0 Å². The van der Waals surface area contributed by atoms with E-state index in [1.54, 1.807) is 18.2 Å². The Hall–Kier alpha value is -1.60. The maximum absolute atomic E-state index is 11.8. The number of hydrogen-bond donors (Lipinski definition) is 2. The molecule has 0 saturated heterocycles. The Balaban J connectivity index is 2.32. The molecule has 1 aromatic rings. The number of nitrogens with zero attached hydrogens (tertiary/aromatic N) is 1. The number of rotatable bonds is 3. The predicted octanol–water partition coefficient (Wildman–Crippen LogP) is -0.0129. The standard InChI is InChI=1S/C11H12BrN3O3/c12-6-1-2-9-8(3-6)15(10(16)5-18-9)4-7(13)11(14)17/h1-3,7H,4-5,13H2,(H2,14,17). The van der Waals surface area contributed by atoms with Crippen LogP contribution in [0.25, 0.3) is 0 Å². The Morgan fingerprint density at radius 1 is 1.56 bits per heavy atom. The number of halogens is 1. The van der Waals surface area contributed by atoms with Gasteiger partial charge in [-0.3, -0.25) is 9.59 Å². The molecule has 7 heteroatoms. The average molecular weight is 314 g/mol. The van der Waals surface area contributed by atoms with Gasteiger partial charge in [-0.2, -0.15) is 0 Å². The molecule has 4 N–H and O–H groups in total. The van der Waals surface area contributed by atoms with Crippen LogP contribution in [0.4, 0.5) is 5.69 Å². The number of anilines is 1. The van der Waals surface area contributed by atoms with Crippen LogP contribution < -0.4 is 21.1 Å². The summed E-state index contributed by atoms with van der Waals surface area (Å²) in [6.07, 6.45) is 0. The van der Waals surface area contributed by atoms with E-state index < -0.39 is 11.9 Å². The van der Waals surface area contributed by atoms with Crippen molar-refractivity contribution in [1.29, 1.82) is 0 Å². The van der Waals surface area contributed by atoms with E-state index in [2.05, 4.69) is 15.9 Å². The summed E-state index contributed by atoms with van der Waals surface area (Å²) < 4.78 is 6.10. The van der Waals surface area contributed by atoms with Gasteiger partial charge in [0.05, 0.1) is 12.2 Å². The second kappa shape index (κ2) is 4.95. The van der Waals surface area contributed by atoms with E-state index in [0.29, 0.717) is 11.4 Å². The maximum atomic E-state index is 11.8. The first-order chi connectivity index (χ1) is 8.49. The molecule has 0 bridgehead atoms. The monoisotopic (exact) mass is 313 g/mol. The number of carbonyl (C=O) groups is 2. The van der Waals surface area contributed by atoms with Crippen LogP contribution in [0, 0.1) is 0 Å². The molecule has 1 aromatic carbocycles. The van der Waals surface area contributed by atoms with Crippen LogP contribution in [-0.4, -0.2) is 31.0 Å². The minimum absolute atomic E-state index is 0.0426. The van der Waals surface area contributed by atoms with E-state index in [1.165, 1.54) is 4.90 Å². The van der Waals surface area contributed by atoms with Crippen molar-refractivity contribution in [3.8, 4) is 5.75 Å². The lowest BCUT2D eigenvalue weighted by Gasteiger charge is -2.30. The van der Waals surface area contributed by atoms with Gasteiger partial charge in [0.2, 0.25) is 5.91 Å². The molecule has 0 aliphatic carbocycles. The third kappa shape index (κ3) is 2.46. The summed E-state index contributed by atoms with van der Waals surface area (Å²) in [5, 5.41) is 0. The lowest BCUT2D eigenvalue weighted by Crippen LogP contribution is -2.50. The zero-order valence-electron chi connectivity index (χ0n) is 9.43. The first-order valence-corrected chi connectivity index (χ1v) is 6.06. The molecule has 0 spiro atoms. The summed E-state index contributed by atoms with van der Waals surface area (Å²) in [7, 11) is 0. The van der Waals surface area contributed by atoms with Gasteiger partial charge in [-0.05, 0) is 18.2 Å². The van der Waals surface area contributed by atoms with E-state index in [0.717, 1.165) is 4.47 Å². The summed E-state index contributed by atoms with van der Waals surface area (Å²) in [6.45, 7) is -0.0267. The van der Waals surface area contributed by atoms with Gasteiger partial charge in [-0.1, -0.05) is 15.9 Å². The van der Waals surface area contributed by atoms with Crippen molar-refractivity contribution in [2.75, 3.05) is 18.1 Å². The molecule has 1 aliphatic rings. The molecule has 2 rings (SSSR count). The SMILES string of the molecule is NC(=O)C(N)CN1C(=O)COc2ccc(Br)cc21. The third-order valence-corrected chi connectivity index (χ3v) is 3.10. The Morgan fingerprint density at radius 2 is 2.28 bits per heavy atom. The maximum Gasteiger partial charge on any atom is 0.265 e. The van der Waals surface area contributed by atoms with Crippen molar-refractivity contribution in [2.24, 2.45) is 11.5 Å². The van der Waals surface area contributed by atoms with Crippen LogP contribution in [0.15, 0.2) is 22.7 Å². The number of hydrogen-bond acceptors (Lipinski definition) is 4. The van der Waals surface area contributed by atoms with Gasteiger partial charge in [0.25, 0.3) is 5.91 Å². The molecule has 1 unspecified atom stereocenters. The highest BCUT2D eigenvalue weighted by Gasteiger charge is 2.28. The van der Waals surface area contributed by atoms with Crippen LogP contribution in [0.1, 0.15) is 0 Å². The van der Waals surface area contributed by atoms with Crippen molar-refractivity contribution in [2.45, 2.75) is 6.04 Å². The van der Waals surface area contributed by atoms with E-state index in [-0.39, 0.29) is 19.1 Å². The normalized spacial score (nSPS) is 15.9. The highest BCUT2D eigenvalue weighted by atomic mass is 79.9. The number of ether oxygens (including phenoxy) is 1. The third-order valence-electron chi connectivity index (χ3n) is 2.61. The highest BCUT2D eigenvalue weighted by Crippen LogP contribution is 2.34. The minimum atomic E-state index is -0.904. The molecule has 96 valence electrons. The first-order valence-electron chi connectivity index (χ1n) is 5.26. The molecule has 2 amide bonds. The van der Waals surface area contributed by atoms with E-state index >= 15 is 0 Å². The molecule has 6 nitrogen and oxygen atoms in total. The van der Waals surface area contributed by atoms with E-state index in [9.17, 15) is 9.59 Å². The van der Waals surface area contributed by atoms with Gasteiger partial charge in [0.1, 0.15) is 11.8 Å². The molecule has 0 aromatic heterocycles. The molecule has 0 fully saturated rings. The van der Waals surface area contributed by atoms with Crippen LogP contribution in [0.2, 0.25) is 0 Å². The Bertz CT molecular complexity index is 506. The summed E-state index contributed by atoms with van der Waals surface area (Å²) >= 11 is 3.32.